The second kappa shape index (κ2) is 8.45. The Kier molecular flexibility index (Phi) is 6.13. The van der Waals surface area contributed by atoms with Gasteiger partial charge in [0.25, 0.3) is 11.8 Å². The molecule has 1 aromatic rings. The SMILES string of the molecule is C[C@@H]1[C@H](N2C(=O)[C@@](NC(=O)c3ccc(F)cc3)(C(F)(F)F)C3=C2CC(C)(C)CC3=O)CCC[C@@H]1C. The van der Waals surface area contributed by atoms with Crippen molar-refractivity contribution in [1.29, 1.82) is 0 Å². The monoisotopic (exact) mass is 494 g/mol. The fraction of sp³-hybridized carbons (Fsp3) is 0.577. The summed E-state index contributed by atoms with van der Waals surface area (Å²) in [6.45, 7) is 7.50. The largest absolute Gasteiger partial charge is 0.425 e. The molecule has 0 aromatic heterocycles. The lowest BCUT2D eigenvalue weighted by Crippen LogP contribution is -2.67. The van der Waals surface area contributed by atoms with E-state index in [1.165, 1.54) is 4.90 Å². The summed E-state index contributed by atoms with van der Waals surface area (Å²) in [4.78, 5) is 41.4. The van der Waals surface area contributed by atoms with Crippen LogP contribution < -0.4 is 5.32 Å². The smallest absolute Gasteiger partial charge is 0.326 e. The van der Waals surface area contributed by atoms with E-state index in [9.17, 15) is 31.9 Å². The minimum atomic E-state index is -5.27. The van der Waals surface area contributed by atoms with E-state index in [0.717, 1.165) is 37.1 Å². The van der Waals surface area contributed by atoms with E-state index >= 15 is 0 Å². The molecule has 1 fully saturated rings. The first kappa shape index (κ1) is 25.4. The van der Waals surface area contributed by atoms with E-state index in [4.69, 9.17) is 0 Å². The van der Waals surface area contributed by atoms with E-state index in [1.807, 2.05) is 19.2 Å². The number of halogens is 4. The van der Waals surface area contributed by atoms with Gasteiger partial charge in [0, 0.05) is 23.7 Å². The lowest BCUT2D eigenvalue weighted by Gasteiger charge is -2.43. The fourth-order valence-corrected chi connectivity index (χ4v) is 5.89. The number of nitrogens with zero attached hydrogens (tertiary/aromatic N) is 1. The first-order chi connectivity index (χ1) is 16.2. The molecule has 2 aliphatic carbocycles. The first-order valence-corrected chi connectivity index (χ1v) is 11.9. The molecule has 0 saturated heterocycles. The van der Waals surface area contributed by atoms with Crippen molar-refractivity contribution in [2.24, 2.45) is 17.3 Å². The number of rotatable bonds is 3. The molecular formula is C26H30F4N2O3. The third-order valence-corrected chi connectivity index (χ3v) is 7.89. The summed E-state index contributed by atoms with van der Waals surface area (Å²) in [5.74, 6) is -3.88. The lowest BCUT2D eigenvalue weighted by atomic mass is 9.72. The Hall–Kier alpha value is -2.71. The number of carbonyl (C=O) groups is 3. The molecule has 1 N–H and O–H groups in total. The van der Waals surface area contributed by atoms with Gasteiger partial charge in [0.05, 0.1) is 5.57 Å². The molecule has 35 heavy (non-hydrogen) atoms. The molecule has 9 heteroatoms. The van der Waals surface area contributed by atoms with Crippen molar-refractivity contribution < 1.29 is 31.9 Å². The van der Waals surface area contributed by atoms with Gasteiger partial charge in [0.1, 0.15) is 5.82 Å². The van der Waals surface area contributed by atoms with Gasteiger partial charge in [-0.1, -0.05) is 40.5 Å². The van der Waals surface area contributed by atoms with Crippen molar-refractivity contribution in [2.45, 2.75) is 77.6 Å². The minimum Gasteiger partial charge on any atom is -0.326 e. The molecule has 0 bridgehead atoms. The number of ketones is 1. The molecule has 1 saturated carbocycles. The van der Waals surface area contributed by atoms with E-state index in [0.29, 0.717) is 6.42 Å². The standard InChI is InChI=1S/C26H30F4N2O3/c1-14-6-5-7-18(15(14)2)32-19-12-24(3,4)13-20(33)21(19)25(23(32)35,26(28,29)30)31-22(34)16-8-10-17(27)11-9-16/h8-11,14-15,18H,5-7,12-13H2,1-4H3,(H,31,34)/t14-,15-,18+,25+/m0/s1. The Balaban J connectivity index is 1.89. The van der Waals surface area contributed by atoms with Gasteiger partial charge in [-0.3, -0.25) is 14.4 Å². The maximum absolute atomic E-state index is 14.9. The van der Waals surface area contributed by atoms with Gasteiger partial charge in [-0.15, -0.1) is 0 Å². The van der Waals surface area contributed by atoms with Crippen LogP contribution in [0.3, 0.4) is 0 Å². The summed E-state index contributed by atoms with van der Waals surface area (Å²) in [5.41, 5.74) is -4.97. The quantitative estimate of drug-likeness (QED) is 0.590. The van der Waals surface area contributed by atoms with Crippen molar-refractivity contribution in [2.75, 3.05) is 0 Å². The summed E-state index contributed by atoms with van der Waals surface area (Å²) in [6, 6.07) is 3.46. The Morgan fingerprint density at radius 3 is 2.29 bits per heavy atom. The third kappa shape index (κ3) is 4.06. The molecule has 4 atom stereocenters. The highest BCUT2D eigenvalue weighted by atomic mass is 19.4. The zero-order chi connectivity index (χ0) is 25.9. The van der Waals surface area contributed by atoms with Gasteiger partial charge in [-0.25, -0.2) is 4.39 Å². The average Bonchev–Trinajstić information content (AvgIpc) is 2.98. The molecule has 0 unspecified atom stereocenters. The fourth-order valence-electron chi connectivity index (χ4n) is 5.89. The lowest BCUT2D eigenvalue weighted by molar-refractivity contribution is -0.192. The van der Waals surface area contributed by atoms with E-state index < -0.39 is 52.2 Å². The Labute approximate surface area is 201 Å². The second-order valence-electron chi connectivity index (χ2n) is 11.0. The Bertz CT molecular complexity index is 1090. The second-order valence-corrected chi connectivity index (χ2v) is 11.0. The van der Waals surface area contributed by atoms with Gasteiger partial charge >= 0.3 is 6.18 Å². The summed E-state index contributed by atoms with van der Waals surface area (Å²) in [7, 11) is 0. The number of hydrogen-bond donors (Lipinski definition) is 1. The summed E-state index contributed by atoms with van der Waals surface area (Å²) >= 11 is 0. The molecule has 2 amide bonds. The molecule has 0 spiro atoms. The predicted molar refractivity (Wildman–Crippen MR) is 121 cm³/mol. The highest BCUT2D eigenvalue weighted by molar-refractivity contribution is 6.14. The molecule has 1 aliphatic heterocycles. The molecule has 4 rings (SSSR count). The van der Waals surface area contributed by atoms with Crippen molar-refractivity contribution in [3.63, 3.8) is 0 Å². The number of hydrogen-bond acceptors (Lipinski definition) is 3. The number of nitrogens with one attached hydrogen (secondary N) is 1. The molecule has 5 nitrogen and oxygen atoms in total. The molecule has 1 heterocycles. The zero-order valence-electron chi connectivity index (χ0n) is 20.3. The molecule has 190 valence electrons. The summed E-state index contributed by atoms with van der Waals surface area (Å²) in [6.07, 6.45) is -3.16. The normalized spacial score (nSPS) is 31.0. The van der Waals surface area contributed by atoms with Crippen LogP contribution in [-0.2, 0) is 9.59 Å². The molecule has 1 aromatic carbocycles. The van der Waals surface area contributed by atoms with Gasteiger partial charge in [0.15, 0.2) is 5.78 Å². The maximum atomic E-state index is 14.9. The highest BCUT2D eigenvalue weighted by Gasteiger charge is 2.72. The van der Waals surface area contributed by atoms with Gasteiger partial charge in [-0.05, 0) is 54.4 Å². The van der Waals surface area contributed by atoms with Crippen LogP contribution in [0.25, 0.3) is 0 Å². The number of amides is 2. The number of Topliss-reactive ketones (excluding diaryl/α,β-unsaturated/α-hetero) is 1. The van der Waals surface area contributed by atoms with Crippen LogP contribution in [0.4, 0.5) is 17.6 Å². The first-order valence-electron chi connectivity index (χ1n) is 11.9. The van der Waals surface area contributed by atoms with Crippen molar-refractivity contribution in [3.05, 3.63) is 46.9 Å². The maximum Gasteiger partial charge on any atom is 0.425 e. The van der Waals surface area contributed by atoms with Crippen LogP contribution in [0.2, 0.25) is 0 Å². The van der Waals surface area contributed by atoms with Crippen molar-refractivity contribution in [1.82, 2.24) is 10.2 Å². The van der Waals surface area contributed by atoms with Crippen LogP contribution in [-0.4, -0.2) is 40.3 Å². The van der Waals surface area contributed by atoms with E-state index in [2.05, 4.69) is 0 Å². The van der Waals surface area contributed by atoms with Crippen molar-refractivity contribution >= 4 is 17.6 Å². The Morgan fingerprint density at radius 1 is 1.06 bits per heavy atom. The van der Waals surface area contributed by atoms with Crippen LogP contribution in [0.15, 0.2) is 35.5 Å². The number of benzene rings is 1. The van der Waals surface area contributed by atoms with Gasteiger partial charge < -0.3 is 10.2 Å². The zero-order valence-corrected chi connectivity index (χ0v) is 20.3. The molecule has 3 aliphatic rings. The van der Waals surface area contributed by atoms with Gasteiger partial charge in [0.2, 0.25) is 5.54 Å². The molecular weight excluding hydrogens is 464 g/mol. The van der Waals surface area contributed by atoms with Gasteiger partial charge in [-0.2, -0.15) is 13.2 Å². The van der Waals surface area contributed by atoms with Crippen LogP contribution in [0.5, 0.6) is 0 Å². The summed E-state index contributed by atoms with van der Waals surface area (Å²) < 4.78 is 58.2. The number of carbonyl (C=O) groups excluding carboxylic acids is 3. The third-order valence-electron chi connectivity index (χ3n) is 7.89. The predicted octanol–water partition coefficient (Wildman–Crippen LogP) is 5.17. The van der Waals surface area contributed by atoms with Crippen molar-refractivity contribution in [3.8, 4) is 0 Å². The minimum absolute atomic E-state index is 0.0685. The van der Waals surface area contributed by atoms with E-state index in [1.54, 1.807) is 13.8 Å². The summed E-state index contributed by atoms with van der Waals surface area (Å²) in [5, 5.41) is 1.91. The highest BCUT2D eigenvalue weighted by Crippen LogP contribution is 2.54. The Morgan fingerprint density at radius 2 is 1.69 bits per heavy atom. The van der Waals surface area contributed by atoms with Crippen LogP contribution in [0.1, 0.15) is 70.2 Å². The number of allylic oxidation sites excluding steroid dienone is 1. The topological polar surface area (TPSA) is 66.5 Å². The van der Waals surface area contributed by atoms with Crippen LogP contribution >= 0.6 is 0 Å². The van der Waals surface area contributed by atoms with Crippen LogP contribution in [0, 0.1) is 23.1 Å². The average molecular weight is 495 g/mol. The van der Waals surface area contributed by atoms with E-state index in [-0.39, 0.29) is 35.9 Å². The number of alkyl halides is 3. The molecule has 0 radical (unpaired) electrons.